The Morgan fingerprint density at radius 2 is 1.74 bits per heavy atom. The van der Waals surface area contributed by atoms with Crippen molar-refractivity contribution in [3.63, 3.8) is 0 Å². The highest BCUT2D eigenvalue weighted by molar-refractivity contribution is 8.00. The fraction of sp³-hybridized carbons (Fsp3) is 0.143. The van der Waals surface area contributed by atoms with Crippen molar-refractivity contribution in [3.05, 3.63) is 77.0 Å². The first-order valence-electron chi connectivity index (χ1n) is 8.63. The van der Waals surface area contributed by atoms with Crippen LogP contribution in [0.2, 0.25) is 0 Å². The SMILES string of the molecule is CCC(Sc1cccc(NC(=O)c2cccs2)c1)C(=O)Nc1ccccc1. The summed E-state index contributed by atoms with van der Waals surface area (Å²) in [7, 11) is 0. The van der Waals surface area contributed by atoms with Gasteiger partial charge in [0, 0.05) is 16.3 Å². The molecule has 0 aliphatic rings. The number of carbonyl (C=O) groups is 2. The molecule has 1 atom stereocenters. The van der Waals surface area contributed by atoms with Gasteiger partial charge in [-0.25, -0.2) is 0 Å². The van der Waals surface area contributed by atoms with Crippen LogP contribution in [0.4, 0.5) is 11.4 Å². The Hall–Kier alpha value is -2.57. The predicted molar refractivity (Wildman–Crippen MR) is 114 cm³/mol. The number of hydrogen-bond acceptors (Lipinski definition) is 4. The summed E-state index contributed by atoms with van der Waals surface area (Å²) < 4.78 is 0. The van der Waals surface area contributed by atoms with Gasteiger partial charge in [-0.3, -0.25) is 9.59 Å². The second-order valence-electron chi connectivity index (χ2n) is 5.83. The standard InChI is InChI=1S/C21H20N2O2S2/c1-2-18(20(24)22-15-8-4-3-5-9-15)27-17-11-6-10-16(14-17)23-21(25)19-12-7-13-26-19/h3-14,18H,2H2,1H3,(H,22,24)(H,23,25). The summed E-state index contributed by atoms with van der Waals surface area (Å²) in [6.45, 7) is 1.99. The lowest BCUT2D eigenvalue weighted by atomic mass is 10.3. The van der Waals surface area contributed by atoms with E-state index in [2.05, 4.69) is 10.6 Å². The fourth-order valence-corrected chi connectivity index (χ4v) is 4.11. The summed E-state index contributed by atoms with van der Waals surface area (Å²) >= 11 is 2.90. The van der Waals surface area contributed by atoms with E-state index in [9.17, 15) is 9.59 Å². The third-order valence-corrected chi connectivity index (χ3v) is 6.05. The lowest BCUT2D eigenvalue weighted by Crippen LogP contribution is -2.24. The van der Waals surface area contributed by atoms with Crippen molar-refractivity contribution in [3.8, 4) is 0 Å². The molecule has 1 unspecified atom stereocenters. The van der Waals surface area contributed by atoms with Gasteiger partial charge in [0.05, 0.1) is 10.1 Å². The summed E-state index contributed by atoms with van der Waals surface area (Å²) in [5, 5.41) is 7.51. The van der Waals surface area contributed by atoms with Gasteiger partial charge in [0.2, 0.25) is 5.91 Å². The molecule has 2 N–H and O–H groups in total. The highest BCUT2D eigenvalue weighted by atomic mass is 32.2. The summed E-state index contributed by atoms with van der Waals surface area (Å²) in [6, 6.07) is 20.7. The molecule has 6 heteroatoms. The first kappa shape index (κ1) is 19.2. The Morgan fingerprint density at radius 3 is 2.44 bits per heavy atom. The van der Waals surface area contributed by atoms with Crippen molar-refractivity contribution in [1.82, 2.24) is 0 Å². The van der Waals surface area contributed by atoms with Crippen molar-refractivity contribution in [2.24, 2.45) is 0 Å². The second-order valence-corrected chi connectivity index (χ2v) is 8.05. The molecule has 1 heterocycles. The molecule has 0 saturated heterocycles. The van der Waals surface area contributed by atoms with E-state index in [1.165, 1.54) is 23.1 Å². The van der Waals surface area contributed by atoms with Gasteiger partial charge >= 0.3 is 0 Å². The average Bonchev–Trinajstić information content (AvgIpc) is 3.22. The molecule has 2 amide bonds. The van der Waals surface area contributed by atoms with Gasteiger partial charge in [-0.05, 0) is 48.2 Å². The van der Waals surface area contributed by atoms with Crippen LogP contribution in [-0.4, -0.2) is 17.1 Å². The van der Waals surface area contributed by atoms with E-state index >= 15 is 0 Å². The van der Waals surface area contributed by atoms with Gasteiger partial charge < -0.3 is 10.6 Å². The number of carbonyl (C=O) groups excluding carboxylic acids is 2. The van der Waals surface area contributed by atoms with E-state index in [0.29, 0.717) is 11.3 Å². The van der Waals surface area contributed by atoms with Crippen molar-refractivity contribution in [2.45, 2.75) is 23.5 Å². The molecule has 0 fully saturated rings. The number of thioether (sulfide) groups is 1. The Labute approximate surface area is 167 Å². The van der Waals surface area contributed by atoms with Gasteiger partial charge in [-0.1, -0.05) is 37.3 Å². The number of benzene rings is 2. The van der Waals surface area contributed by atoms with Crippen molar-refractivity contribution in [1.29, 1.82) is 0 Å². The maximum absolute atomic E-state index is 12.6. The molecule has 27 heavy (non-hydrogen) atoms. The van der Waals surface area contributed by atoms with Crippen LogP contribution in [0.15, 0.2) is 77.0 Å². The lowest BCUT2D eigenvalue weighted by molar-refractivity contribution is -0.115. The fourth-order valence-electron chi connectivity index (χ4n) is 2.48. The molecule has 2 aromatic carbocycles. The van der Waals surface area contributed by atoms with Crippen LogP contribution < -0.4 is 10.6 Å². The van der Waals surface area contributed by atoms with Crippen LogP contribution in [0, 0.1) is 0 Å². The minimum absolute atomic E-state index is 0.0262. The predicted octanol–water partition coefficient (Wildman–Crippen LogP) is 5.51. The minimum atomic E-state index is -0.214. The summed E-state index contributed by atoms with van der Waals surface area (Å²) in [4.78, 5) is 26.4. The monoisotopic (exact) mass is 396 g/mol. The zero-order valence-electron chi connectivity index (χ0n) is 14.8. The van der Waals surface area contributed by atoms with Crippen molar-refractivity contribution < 1.29 is 9.59 Å². The third-order valence-electron chi connectivity index (χ3n) is 3.82. The van der Waals surface area contributed by atoms with E-state index in [1.807, 2.05) is 73.0 Å². The van der Waals surface area contributed by atoms with Crippen LogP contribution in [0.25, 0.3) is 0 Å². The number of anilines is 2. The molecule has 1 aromatic heterocycles. The van der Waals surface area contributed by atoms with E-state index in [-0.39, 0.29) is 17.1 Å². The Bertz CT molecular complexity index is 896. The Balaban J connectivity index is 1.65. The van der Waals surface area contributed by atoms with Crippen LogP contribution >= 0.6 is 23.1 Å². The van der Waals surface area contributed by atoms with Gasteiger partial charge in [0.25, 0.3) is 5.91 Å². The molecule has 0 aliphatic carbocycles. The highest BCUT2D eigenvalue weighted by Crippen LogP contribution is 2.29. The Kier molecular flexibility index (Phi) is 6.68. The highest BCUT2D eigenvalue weighted by Gasteiger charge is 2.18. The maximum atomic E-state index is 12.6. The molecule has 138 valence electrons. The van der Waals surface area contributed by atoms with E-state index in [0.717, 1.165) is 16.3 Å². The number of amides is 2. The number of nitrogens with one attached hydrogen (secondary N) is 2. The van der Waals surface area contributed by atoms with E-state index < -0.39 is 0 Å². The maximum Gasteiger partial charge on any atom is 0.265 e. The molecule has 0 bridgehead atoms. The third kappa shape index (κ3) is 5.45. The van der Waals surface area contributed by atoms with Gasteiger partial charge in [-0.15, -0.1) is 23.1 Å². The molecule has 0 radical (unpaired) electrons. The van der Waals surface area contributed by atoms with Crippen molar-refractivity contribution in [2.75, 3.05) is 10.6 Å². The average molecular weight is 397 g/mol. The quantitative estimate of drug-likeness (QED) is 0.518. The molecule has 3 rings (SSSR count). The zero-order valence-corrected chi connectivity index (χ0v) is 16.5. The smallest absolute Gasteiger partial charge is 0.265 e. The molecular formula is C21H20N2O2S2. The largest absolute Gasteiger partial charge is 0.325 e. The Morgan fingerprint density at radius 1 is 0.963 bits per heavy atom. The topological polar surface area (TPSA) is 58.2 Å². The van der Waals surface area contributed by atoms with E-state index in [1.54, 1.807) is 6.07 Å². The van der Waals surface area contributed by atoms with Crippen LogP contribution in [-0.2, 0) is 4.79 Å². The number of thiophene rings is 1. The van der Waals surface area contributed by atoms with Crippen LogP contribution in [0.1, 0.15) is 23.0 Å². The van der Waals surface area contributed by atoms with Crippen LogP contribution in [0.5, 0.6) is 0 Å². The first-order valence-corrected chi connectivity index (χ1v) is 10.4. The molecule has 4 nitrogen and oxygen atoms in total. The normalized spacial score (nSPS) is 11.6. The van der Waals surface area contributed by atoms with E-state index in [4.69, 9.17) is 0 Å². The van der Waals surface area contributed by atoms with Crippen LogP contribution in [0.3, 0.4) is 0 Å². The number of para-hydroxylation sites is 1. The molecule has 3 aromatic rings. The van der Waals surface area contributed by atoms with Gasteiger partial charge in [0.1, 0.15) is 0 Å². The second kappa shape index (κ2) is 9.39. The summed E-state index contributed by atoms with van der Waals surface area (Å²) in [5.41, 5.74) is 1.51. The summed E-state index contributed by atoms with van der Waals surface area (Å²) in [6.07, 6.45) is 0.703. The summed E-state index contributed by atoms with van der Waals surface area (Å²) in [5.74, 6) is -0.150. The first-order chi connectivity index (χ1) is 13.2. The lowest BCUT2D eigenvalue weighted by Gasteiger charge is -2.15. The molecule has 0 saturated carbocycles. The minimum Gasteiger partial charge on any atom is -0.325 e. The molecular weight excluding hydrogens is 376 g/mol. The van der Waals surface area contributed by atoms with Gasteiger partial charge in [0.15, 0.2) is 0 Å². The van der Waals surface area contributed by atoms with Crippen molar-refractivity contribution >= 4 is 46.3 Å². The zero-order chi connectivity index (χ0) is 19.1. The number of hydrogen-bond donors (Lipinski definition) is 2. The molecule has 0 aliphatic heterocycles. The van der Waals surface area contributed by atoms with Gasteiger partial charge in [-0.2, -0.15) is 0 Å². The molecule has 0 spiro atoms. The number of rotatable bonds is 7.